The normalized spacial score (nSPS) is 16.8. The van der Waals surface area contributed by atoms with E-state index in [1.54, 1.807) is 35.6 Å². The van der Waals surface area contributed by atoms with E-state index in [2.05, 4.69) is 0 Å². The Morgan fingerprint density at radius 1 is 1.00 bits per heavy atom. The number of methoxy groups -OCH3 is 1. The molecule has 0 bridgehead atoms. The minimum atomic E-state index is -3.48. The Bertz CT molecular complexity index is 1080. The third-order valence-electron chi connectivity index (χ3n) is 5.13. The van der Waals surface area contributed by atoms with Crippen LogP contribution in [0.2, 0.25) is 0 Å². The molecule has 0 spiro atoms. The van der Waals surface area contributed by atoms with Crippen LogP contribution >= 0.6 is 11.3 Å². The number of piperazine rings is 1. The fourth-order valence-electron chi connectivity index (χ4n) is 3.49. The highest BCUT2D eigenvalue weighted by molar-refractivity contribution is 7.97. The van der Waals surface area contributed by atoms with Gasteiger partial charge >= 0.3 is 0 Å². The Labute approximate surface area is 181 Å². The summed E-state index contributed by atoms with van der Waals surface area (Å²) in [4.78, 5) is 14.7. The SMILES string of the molecule is COc1cccc(-c2cccc(C(=O)N3CCN([S+](=O)([O-])c4cccs4)CC3)c2)c1. The van der Waals surface area contributed by atoms with Crippen molar-refractivity contribution in [1.82, 2.24) is 9.21 Å². The van der Waals surface area contributed by atoms with Crippen LogP contribution in [0.15, 0.2) is 70.3 Å². The third-order valence-corrected chi connectivity index (χ3v) is 8.40. The second-order valence-corrected chi connectivity index (χ2v) is 10.1. The molecule has 0 N–H and O–H groups in total. The molecule has 156 valence electrons. The number of carbonyl (C=O) groups is 1. The average Bonchev–Trinajstić information content (AvgIpc) is 3.35. The topological polar surface area (TPSA) is 72.9 Å². The second kappa shape index (κ2) is 8.69. The molecular formula is C22H22N2O4S2. The van der Waals surface area contributed by atoms with Gasteiger partial charge in [-0.3, -0.25) is 4.79 Å². The molecule has 1 aliphatic heterocycles. The van der Waals surface area contributed by atoms with Crippen molar-refractivity contribution in [3.63, 3.8) is 0 Å². The summed E-state index contributed by atoms with van der Waals surface area (Å²) in [6, 6.07) is 18.5. The van der Waals surface area contributed by atoms with Crippen LogP contribution in [0.25, 0.3) is 11.1 Å². The molecule has 6 nitrogen and oxygen atoms in total. The highest BCUT2D eigenvalue weighted by atomic mass is 32.3. The fourth-order valence-corrected chi connectivity index (χ4v) is 6.05. The van der Waals surface area contributed by atoms with Crippen LogP contribution < -0.4 is 4.74 Å². The van der Waals surface area contributed by atoms with Crippen LogP contribution in [0.1, 0.15) is 10.4 Å². The summed E-state index contributed by atoms with van der Waals surface area (Å²) < 4.78 is 32.4. The molecule has 1 atom stereocenters. The van der Waals surface area contributed by atoms with Crippen molar-refractivity contribution >= 4 is 27.6 Å². The summed E-state index contributed by atoms with van der Waals surface area (Å²) in [5.41, 5.74) is 2.49. The van der Waals surface area contributed by atoms with Gasteiger partial charge in [0.2, 0.25) is 4.21 Å². The minimum Gasteiger partial charge on any atom is -0.592 e. The van der Waals surface area contributed by atoms with Gasteiger partial charge in [-0.15, -0.1) is 4.31 Å². The lowest BCUT2D eigenvalue weighted by atomic mass is 10.0. The van der Waals surface area contributed by atoms with Crippen molar-refractivity contribution in [2.45, 2.75) is 4.21 Å². The Morgan fingerprint density at radius 3 is 2.37 bits per heavy atom. The zero-order chi connectivity index (χ0) is 21.1. The zero-order valence-corrected chi connectivity index (χ0v) is 18.2. The maximum Gasteiger partial charge on any atom is 0.253 e. The molecule has 0 aliphatic carbocycles. The predicted molar refractivity (Wildman–Crippen MR) is 117 cm³/mol. The van der Waals surface area contributed by atoms with E-state index in [4.69, 9.17) is 4.74 Å². The van der Waals surface area contributed by atoms with Crippen molar-refractivity contribution in [3.05, 3.63) is 71.6 Å². The van der Waals surface area contributed by atoms with Gasteiger partial charge in [0.25, 0.3) is 5.91 Å². The van der Waals surface area contributed by atoms with Crippen molar-refractivity contribution < 1.29 is 18.3 Å². The molecule has 4 rings (SSSR count). The van der Waals surface area contributed by atoms with E-state index in [9.17, 15) is 13.6 Å². The first-order valence-corrected chi connectivity index (χ1v) is 11.9. The number of nitrogens with zero attached hydrogens (tertiary/aromatic N) is 2. The molecular weight excluding hydrogens is 420 g/mol. The summed E-state index contributed by atoms with van der Waals surface area (Å²) in [6.07, 6.45) is 0. The molecule has 8 heteroatoms. The first-order chi connectivity index (χ1) is 14.5. The van der Waals surface area contributed by atoms with Gasteiger partial charge < -0.3 is 14.2 Å². The van der Waals surface area contributed by atoms with E-state index in [-0.39, 0.29) is 5.91 Å². The summed E-state index contributed by atoms with van der Waals surface area (Å²) >= 11 is 1.21. The third kappa shape index (κ3) is 4.17. The number of rotatable bonds is 5. The van der Waals surface area contributed by atoms with Gasteiger partial charge in [-0.05, 0) is 46.8 Å². The van der Waals surface area contributed by atoms with E-state index in [1.807, 2.05) is 42.5 Å². The highest BCUT2D eigenvalue weighted by Gasteiger charge is 2.35. The van der Waals surface area contributed by atoms with Gasteiger partial charge in [0.15, 0.2) is 10.4 Å². The van der Waals surface area contributed by atoms with Crippen LogP contribution in [-0.4, -0.2) is 53.0 Å². The molecule has 1 unspecified atom stereocenters. The molecule has 1 aromatic heterocycles. The number of hydrogen-bond donors (Lipinski definition) is 0. The van der Waals surface area contributed by atoms with E-state index in [0.717, 1.165) is 16.9 Å². The van der Waals surface area contributed by atoms with Gasteiger partial charge in [0, 0.05) is 24.7 Å². The number of thiophene rings is 1. The van der Waals surface area contributed by atoms with Crippen LogP contribution in [0.5, 0.6) is 5.75 Å². The molecule has 1 fully saturated rings. The molecule has 0 saturated carbocycles. The Hall–Kier alpha value is -2.52. The predicted octanol–water partition coefficient (Wildman–Crippen LogP) is 3.79. The summed E-state index contributed by atoms with van der Waals surface area (Å²) in [7, 11) is -1.86. The lowest BCUT2D eigenvalue weighted by molar-refractivity contribution is 0.0693. The molecule has 1 saturated heterocycles. The van der Waals surface area contributed by atoms with Gasteiger partial charge in [0.1, 0.15) is 5.75 Å². The zero-order valence-electron chi connectivity index (χ0n) is 16.5. The molecule has 1 amide bonds. The van der Waals surface area contributed by atoms with Gasteiger partial charge in [-0.25, -0.2) is 0 Å². The smallest absolute Gasteiger partial charge is 0.253 e. The minimum absolute atomic E-state index is 0.0899. The quantitative estimate of drug-likeness (QED) is 0.564. The fraction of sp³-hybridized carbons (Fsp3) is 0.227. The maximum absolute atomic E-state index is 13.0. The van der Waals surface area contributed by atoms with Gasteiger partial charge in [0.05, 0.1) is 20.2 Å². The Balaban J connectivity index is 1.46. The molecule has 30 heavy (non-hydrogen) atoms. The van der Waals surface area contributed by atoms with Crippen molar-refractivity contribution in [1.29, 1.82) is 0 Å². The molecule has 1 aliphatic rings. The summed E-state index contributed by atoms with van der Waals surface area (Å²) in [5.74, 6) is 0.667. The first kappa shape index (κ1) is 20.7. The number of amides is 1. The summed E-state index contributed by atoms with van der Waals surface area (Å²) in [6.45, 7) is 1.32. The number of carbonyl (C=O) groups excluding carboxylic acids is 1. The Morgan fingerprint density at radius 2 is 1.70 bits per heavy atom. The molecule has 2 heterocycles. The number of hydrogen-bond acceptors (Lipinski definition) is 5. The molecule has 3 aromatic rings. The van der Waals surface area contributed by atoms with E-state index >= 15 is 0 Å². The number of ether oxygens (including phenoxy) is 1. The van der Waals surface area contributed by atoms with Crippen molar-refractivity contribution in [2.24, 2.45) is 0 Å². The lowest BCUT2D eigenvalue weighted by Gasteiger charge is -2.35. The van der Waals surface area contributed by atoms with Crippen LogP contribution in [0, 0.1) is 0 Å². The lowest BCUT2D eigenvalue weighted by Crippen LogP contribution is -2.52. The van der Waals surface area contributed by atoms with E-state index in [1.165, 1.54) is 15.6 Å². The Kier molecular flexibility index (Phi) is 6.01. The van der Waals surface area contributed by atoms with Crippen LogP contribution in [0.4, 0.5) is 0 Å². The van der Waals surface area contributed by atoms with Gasteiger partial charge in [-0.1, -0.05) is 39.8 Å². The molecule has 2 aromatic carbocycles. The summed E-state index contributed by atoms with van der Waals surface area (Å²) in [5, 5.41) is 1.75. The second-order valence-electron chi connectivity index (χ2n) is 6.94. The van der Waals surface area contributed by atoms with Crippen LogP contribution in [-0.2, 0) is 14.6 Å². The maximum atomic E-state index is 13.0. The average molecular weight is 443 g/mol. The number of sulfonamides is 1. The van der Waals surface area contributed by atoms with E-state index in [0.29, 0.717) is 36.0 Å². The first-order valence-electron chi connectivity index (χ1n) is 9.56. The van der Waals surface area contributed by atoms with Crippen LogP contribution in [0.3, 0.4) is 0 Å². The van der Waals surface area contributed by atoms with E-state index < -0.39 is 10.4 Å². The monoisotopic (exact) mass is 442 g/mol. The molecule has 0 radical (unpaired) electrons. The van der Waals surface area contributed by atoms with Gasteiger partial charge in [-0.2, -0.15) is 0 Å². The standard InChI is InChI=1S/C22H22N2O4S2/c1-28-20-8-3-6-18(16-20)17-5-2-7-19(15-17)22(25)23-10-12-24(13-11-23)30(26,27)21-9-4-14-29-21/h2-9,14-16H,10-13H2,1H3. The largest absolute Gasteiger partial charge is 0.592 e. The number of benzene rings is 2. The van der Waals surface area contributed by atoms with Crippen molar-refractivity contribution in [2.75, 3.05) is 33.3 Å². The highest BCUT2D eigenvalue weighted by Crippen LogP contribution is 2.28. The van der Waals surface area contributed by atoms with Crippen molar-refractivity contribution in [3.8, 4) is 16.9 Å².